The number of piperazine rings is 1. The summed E-state index contributed by atoms with van der Waals surface area (Å²) in [5.74, 6) is -0.169. The Morgan fingerprint density at radius 3 is 2.30 bits per heavy atom. The van der Waals surface area contributed by atoms with Crippen LogP contribution in [0, 0.1) is 0 Å². The van der Waals surface area contributed by atoms with Crippen LogP contribution >= 0.6 is 15.9 Å². The molecular formula is C22H26BrN3O3S. The molecule has 30 heavy (non-hydrogen) atoms. The highest BCUT2D eigenvalue weighted by Crippen LogP contribution is 2.18. The van der Waals surface area contributed by atoms with E-state index in [-0.39, 0.29) is 17.3 Å². The molecule has 3 rings (SSSR count). The predicted molar refractivity (Wildman–Crippen MR) is 122 cm³/mol. The van der Waals surface area contributed by atoms with Gasteiger partial charge in [0.1, 0.15) is 0 Å². The normalized spacial score (nSPS) is 15.8. The summed E-state index contributed by atoms with van der Waals surface area (Å²) in [4.78, 5) is 16.8. The van der Waals surface area contributed by atoms with Gasteiger partial charge in [0.2, 0.25) is 15.9 Å². The fourth-order valence-corrected chi connectivity index (χ4v) is 4.63. The number of hydrogen-bond acceptors (Lipinski definition) is 4. The van der Waals surface area contributed by atoms with Crippen molar-refractivity contribution in [2.75, 3.05) is 46.3 Å². The Morgan fingerprint density at radius 2 is 1.67 bits per heavy atom. The molecule has 2 aromatic carbocycles. The van der Waals surface area contributed by atoms with Crippen LogP contribution in [-0.4, -0.2) is 74.7 Å². The van der Waals surface area contributed by atoms with Crippen molar-refractivity contribution in [3.8, 4) is 0 Å². The van der Waals surface area contributed by atoms with Gasteiger partial charge in [-0.15, -0.1) is 0 Å². The molecule has 2 aromatic rings. The lowest BCUT2D eigenvalue weighted by Gasteiger charge is -2.34. The molecule has 0 spiro atoms. The van der Waals surface area contributed by atoms with Crippen LogP contribution in [0.25, 0.3) is 6.08 Å². The first-order valence-corrected chi connectivity index (χ1v) is 12.0. The minimum Gasteiger partial charge on any atom is -0.339 e. The van der Waals surface area contributed by atoms with Crippen LogP contribution in [0.5, 0.6) is 0 Å². The van der Waals surface area contributed by atoms with Crippen molar-refractivity contribution in [1.29, 1.82) is 0 Å². The lowest BCUT2D eigenvalue weighted by Crippen LogP contribution is -2.51. The fraction of sp³-hybridized carbons (Fsp3) is 0.318. The van der Waals surface area contributed by atoms with Crippen molar-refractivity contribution in [3.05, 3.63) is 70.7 Å². The molecule has 0 atom stereocenters. The SMILES string of the molecule is CN(CC(=O)N1CCN(C/C=C/c2ccccc2)CC1)S(=O)(=O)c1ccc(Br)cc1. The van der Waals surface area contributed by atoms with E-state index in [1.54, 1.807) is 17.0 Å². The molecule has 1 saturated heterocycles. The third-order valence-corrected chi connectivity index (χ3v) is 7.42. The van der Waals surface area contributed by atoms with Gasteiger partial charge >= 0.3 is 0 Å². The van der Waals surface area contributed by atoms with Gasteiger partial charge in [-0.25, -0.2) is 8.42 Å². The molecule has 8 heteroatoms. The van der Waals surface area contributed by atoms with Gasteiger partial charge < -0.3 is 4.90 Å². The Labute approximate surface area is 187 Å². The monoisotopic (exact) mass is 491 g/mol. The van der Waals surface area contributed by atoms with E-state index in [0.717, 1.165) is 28.4 Å². The van der Waals surface area contributed by atoms with Gasteiger partial charge in [0.15, 0.2) is 0 Å². The summed E-state index contributed by atoms with van der Waals surface area (Å²) in [5, 5.41) is 0. The van der Waals surface area contributed by atoms with Crippen LogP contribution in [0.15, 0.2) is 70.0 Å². The third-order valence-electron chi connectivity index (χ3n) is 5.08. The number of rotatable bonds is 7. The fourth-order valence-electron chi connectivity index (χ4n) is 3.24. The Hall–Kier alpha value is -2.00. The highest BCUT2D eigenvalue weighted by molar-refractivity contribution is 9.10. The first-order valence-electron chi connectivity index (χ1n) is 9.80. The first kappa shape index (κ1) is 22.7. The lowest BCUT2D eigenvalue weighted by atomic mass is 10.2. The maximum atomic E-state index is 12.7. The van der Waals surface area contributed by atoms with Gasteiger partial charge in [0.25, 0.3) is 0 Å². The number of nitrogens with zero attached hydrogens (tertiary/aromatic N) is 3. The molecule has 0 aromatic heterocycles. The molecule has 0 bridgehead atoms. The summed E-state index contributed by atoms with van der Waals surface area (Å²) in [6.45, 7) is 3.41. The van der Waals surface area contributed by atoms with E-state index in [9.17, 15) is 13.2 Å². The van der Waals surface area contributed by atoms with E-state index in [1.807, 2.05) is 18.2 Å². The number of likely N-dealkylation sites (N-methyl/N-ethyl adjacent to an activating group) is 1. The number of benzene rings is 2. The van der Waals surface area contributed by atoms with Crippen LogP contribution in [0.3, 0.4) is 0 Å². The number of carbonyl (C=O) groups is 1. The van der Waals surface area contributed by atoms with Gasteiger partial charge in [-0.05, 0) is 29.8 Å². The van der Waals surface area contributed by atoms with Crippen molar-refractivity contribution >= 4 is 37.9 Å². The molecule has 0 saturated carbocycles. The van der Waals surface area contributed by atoms with Crippen LogP contribution in [-0.2, 0) is 14.8 Å². The topological polar surface area (TPSA) is 60.9 Å². The molecule has 6 nitrogen and oxygen atoms in total. The summed E-state index contributed by atoms with van der Waals surface area (Å²) in [6, 6.07) is 16.6. The Kier molecular flexibility index (Phi) is 7.82. The van der Waals surface area contributed by atoms with Gasteiger partial charge in [-0.3, -0.25) is 9.69 Å². The second kappa shape index (κ2) is 10.3. The van der Waals surface area contributed by atoms with E-state index < -0.39 is 10.0 Å². The summed E-state index contributed by atoms with van der Waals surface area (Å²) < 4.78 is 27.3. The Bertz CT molecular complexity index is 970. The minimum absolute atomic E-state index is 0.160. The zero-order valence-corrected chi connectivity index (χ0v) is 19.3. The first-order chi connectivity index (χ1) is 14.4. The van der Waals surface area contributed by atoms with Crippen molar-refractivity contribution in [2.24, 2.45) is 0 Å². The van der Waals surface area contributed by atoms with Crippen LogP contribution in [0.4, 0.5) is 0 Å². The Morgan fingerprint density at radius 1 is 1.03 bits per heavy atom. The van der Waals surface area contributed by atoms with E-state index in [2.05, 4.69) is 45.1 Å². The quantitative estimate of drug-likeness (QED) is 0.597. The molecular weight excluding hydrogens is 466 g/mol. The number of amides is 1. The minimum atomic E-state index is -3.69. The molecule has 1 aliphatic rings. The van der Waals surface area contributed by atoms with Crippen molar-refractivity contribution in [2.45, 2.75) is 4.90 Å². The zero-order chi connectivity index (χ0) is 21.6. The largest absolute Gasteiger partial charge is 0.339 e. The van der Waals surface area contributed by atoms with Crippen molar-refractivity contribution in [1.82, 2.24) is 14.1 Å². The maximum absolute atomic E-state index is 12.7. The standard InChI is InChI=1S/C22H26BrN3O3S/c1-24(30(28,29)21-11-9-20(23)10-12-21)18-22(27)26-16-14-25(15-17-26)13-5-8-19-6-3-2-4-7-19/h2-12H,13-18H2,1H3/b8-5+. The van der Waals surface area contributed by atoms with Gasteiger partial charge in [-0.1, -0.05) is 58.4 Å². The van der Waals surface area contributed by atoms with Gasteiger partial charge in [0.05, 0.1) is 11.4 Å². The second-order valence-electron chi connectivity index (χ2n) is 7.21. The summed E-state index contributed by atoms with van der Waals surface area (Å²) in [5.41, 5.74) is 1.17. The molecule has 1 heterocycles. The number of halogens is 1. The third kappa shape index (κ3) is 6.01. The highest BCUT2D eigenvalue weighted by atomic mass is 79.9. The van der Waals surface area contributed by atoms with Crippen molar-refractivity contribution < 1.29 is 13.2 Å². The van der Waals surface area contributed by atoms with Crippen LogP contribution in [0.2, 0.25) is 0 Å². The molecule has 0 unspecified atom stereocenters. The van der Waals surface area contributed by atoms with Gasteiger partial charge in [0, 0.05) is 44.2 Å². The van der Waals surface area contributed by atoms with Crippen LogP contribution < -0.4 is 0 Å². The molecule has 160 valence electrons. The second-order valence-corrected chi connectivity index (χ2v) is 10.2. The van der Waals surface area contributed by atoms with Gasteiger partial charge in [-0.2, -0.15) is 4.31 Å². The molecule has 0 N–H and O–H groups in total. The lowest BCUT2D eigenvalue weighted by molar-refractivity contribution is -0.132. The highest BCUT2D eigenvalue weighted by Gasteiger charge is 2.27. The molecule has 1 aliphatic heterocycles. The molecule has 0 aliphatic carbocycles. The Balaban J connectivity index is 1.48. The average Bonchev–Trinajstić information content (AvgIpc) is 2.75. The number of sulfonamides is 1. The molecule has 1 fully saturated rings. The summed E-state index contributed by atoms with van der Waals surface area (Å²) in [6.07, 6.45) is 4.23. The zero-order valence-electron chi connectivity index (χ0n) is 16.9. The maximum Gasteiger partial charge on any atom is 0.243 e. The van der Waals surface area contributed by atoms with E-state index in [1.165, 1.54) is 24.7 Å². The van der Waals surface area contributed by atoms with E-state index >= 15 is 0 Å². The molecule has 0 radical (unpaired) electrons. The van der Waals surface area contributed by atoms with Crippen LogP contribution in [0.1, 0.15) is 5.56 Å². The number of carbonyl (C=O) groups excluding carboxylic acids is 1. The molecule has 1 amide bonds. The predicted octanol–water partition coefficient (Wildman–Crippen LogP) is 2.93. The average molecular weight is 492 g/mol. The summed E-state index contributed by atoms with van der Waals surface area (Å²) >= 11 is 3.30. The number of hydrogen-bond donors (Lipinski definition) is 0. The summed E-state index contributed by atoms with van der Waals surface area (Å²) in [7, 11) is -2.25. The van der Waals surface area contributed by atoms with E-state index in [0.29, 0.717) is 13.1 Å². The van der Waals surface area contributed by atoms with Crippen molar-refractivity contribution in [3.63, 3.8) is 0 Å². The smallest absolute Gasteiger partial charge is 0.243 e. The van der Waals surface area contributed by atoms with E-state index in [4.69, 9.17) is 0 Å².